The molecule has 0 aliphatic heterocycles. The molecule has 2 rings (SSSR count). The van der Waals surface area contributed by atoms with Crippen molar-refractivity contribution in [3.05, 3.63) is 46.0 Å². The fraction of sp³-hybridized carbons (Fsp3) is 0.474. The lowest BCUT2D eigenvalue weighted by atomic mass is 10.1. The van der Waals surface area contributed by atoms with Crippen molar-refractivity contribution in [3.63, 3.8) is 0 Å². The second kappa shape index (κ2) is 9.70. The molecule has 140 valence electrons. The van der Waals surface area contributed by atoms with Crippen LogP contribution >= 0.6 is 0 Å². The molecule has 1 amide bonds. The highest BCUT2D eigenvalue weighted by Gasteiger charge is 2.12. The largest absolute Gasteiger partial charge is 0.466 e. The SMILES string of the molecule is CCOC(=O)CCCCCCNC(=O)c1cnc2cc(C)ccn2c1=O. The average Bonchev–Trinajstić information content (AvgIpc) is 2.61. The molecule has 0 saturated heterocycles. The molecule has 0 aliphatic rings. The first-order chi connectivity index (χ1) is 12.5. The predicted molar refractivity (Wildman–Crippen MR) is 98.3 cm³/mol. The molecule has 2 aromatic rings. The Balaban J connectivity index is 1.77. The number of aromatic nitrogens is 2. The Morgan fingerprint density at radius 2 is 2.00 bits per heavy atom. The zero-order valence-electron chi connectivity index (χ0n) is 15.3. The van der Waals surface area contributed by atoms with Gasteiger partial charge in [-0.15, -0.1) is 0 Å². The van der Waals surface area contributed by atoms with Gasteiger partial charge in [0.25, 0.3) is 11.5 Å². The number of fused-ring (bicyclic) bond motifs is 1. The predicted octanol–water partition coefficient (Wildman–Crippen LogP) is 2.25. The lowest BCUT2D eigenvalue weighted by Gasteiger charge is -2.07. The van der Waals surface area contributed by atoms with Crippen LogP contribution in [-0.2, 0) is 9.53 Å². The van der Waals surface area contributed by atoms with Crippen LogP contribution in [0.2, 0.25) is 0 Å². The van der Waals surface area contributed by atoms with Crippen LogP contribution in [0.25, 0.3) is 5.65 Å². The lowest BCUT2D eigenvalue weighted by molar-refractivity contribution is -0.143. The van der Waals surface area contributed by atoms with Crippen LogP contribution in [0.15, 0.2) is 29.3 Å². The number of unbranched alkanes of at least 4 members (excludes halogenated alkanes) is 3. The summed E-state index contributed by atoms with van der Waals surface area (Å²) in [6.07, 6.45) is 6.74. The molecule has 7 nitrogen and oxygen atoms in total. The zero-order valence-corrected chi connectivity index (χ0v) is 15.3. The van der Waals surface area contributed by atoms with E-state index in [4.69, 9.17) is 4.74 Å². The summed E-state index contributed by atoms with van der Waals surface area (Å²) in [5.41, 5.74) is 1.18. The molecular weight excluding hydrogens is 334 g/mol. The van der Waals surface area contributed by atoms with Gasteiger partial charge in [-0.25, -0.2) is 4.98 Å². The molecule has 2 aromatic heterocycles. The van der Waals surface area contributed by atoms with Gasteiger partial charge in [-0.2, -0.15) is 0 Å². The smallest absolute Gasteiger partial charge is 0.305 e. The molecule has 0 atom stereocenters. The van der Waals surface area contributed by atoms with E-state index >= 15 is 0 Å². The number of esters is 1. The quantitative estimate of drug-likeness (QED) is 0.548. The number of hydrogen-bond donors (Lipinski definition) is 1. The van der Waals surface area contributed by atoms with Gasteiger partial charge >= 0.3 is 5.97 Å². The van der Waals surface area contributed by atoms with Crippen molar-refractivity contribution in [1.29, 1.82) is 0 Å². The minimum atomic E-state index is -0.413. The van der Waals surface area contributed by atoms with Crippen LogP contribution in [0.1, 0.15) is 54.9 Å². The van der Waals surface area contributed by atoms with Gasteiger partial charge in [0.1, 0.15) is 11.2 Å². The maximum absolute atomic E-state index is 12.4. The van der Waals surface area contributed by atoms with Gasteiger partial charge in [0.15, 0.2) is 0 Å². The highest BCUT2D eigenvalue weighted by Crippen LogP contribution is 2.05. The van der Waals surface area contributed by atoms with Gasteiger partial charge in [-0.3, -0.25) is 18.8 Å². The minimum Gasteiger partial charge on any atom is -0.466 e. The van der Waals surface area contributed by atoms with E-state index in [1.807, 2.05) is 6.92 Å². The monoisotopic (exact) mass is 359 g/mol. The fourth-order valence-electron chi connectivity index (χ4n) is 2.61. The Kier molecular flexibility index (Phi) is 7.32. The number of aryl methyl sites for hydroxylation is 1. The summed E-state index contributed by atoms with van der Waals surface area (Å²) in [5.74, 6) is -0.579. The summed E-state index contributed by atoms with van der Waals surface area (Å²) >= 11 is 0. The summed E-state index contributed by atoms with van der Waals surface area (Å²) in [6, 6.07) is 3.59. The molecule has 0 spiro atoms. The molecule has 0 bridgehead atoms. The van der Waals surface area contributed by atoms with Crippen LogP contribution in [0.4, 0.5) is 0 Å². The molecule has 7 heteroatoms. The molecular formula is C19H25N3O4. The van der Waals surface area contributed by atoms with Crippen LogP contribution in [0.5, 0.6) is 0 Å². The molecule has 0 saturated carbocycles. The highest BCUT2D eigenvalue weighted by molar-refractivity contribution is 5.93. The third kappa shape index (κ3) is 5.40. The molecule has 0 aliphatic carbocycles. The van der Waals surface area contributed by atoms with E-state index in [0.29, 0.717) is 25.2 Å². The average molecular weight is 359 g/mol. The Morgan fingerprint density at radius 1 is 1.23 bits per heavy atom. The second-order valence-corrected chi connectivity index (χ2v) is 6.13. The topological polar surface area (TPSA) is 89.8 Å². The van der Waals surface area contributed by atoms with Gasteiger partial charge in [0, 0.05) is 25.4 Å². The third-order valence-corrected chi connectivity index (χ3v) is 4.01. The maximum atomic E-state index is 12.4. The number of nitrogens with one attached hydrogen (secondary N) is 1. The highest BCUT2D eigenvalue weighted by atomic mass is 16.5. The molecule has 0 radical (unpaired) electrons. The minimum absolute atomic E-state index is 0.0358. The number of nitrogens with zero attached hydrogens (tertiary/aromatic N) is 2. The van der Waals surface area contributed by atoms with Crippen LogP contribution in [-0.4, -0.2) is 34.4 Å². The summed E-state index contributed by atoms with van der Waals surface area (Å²) in [6.45, 7) is 4.60. The van der Waals surface area contributed by atoms with Gasteiger partial charge in [-0.05, 0) is 44.4 Å². The van der Waals surface area contributed by atoms with E-state index in [1.54, 1.807) is 25.3 Å². The first-order valence-corrected chi connectivity index (χ1v) is 8.94. The van der Waals surface area contributed by atoms with Gasteiger partial charge < -0.3 is 10.1 Å². The van der Waals surface area contributed by atoms with E-state index in [9.17, 15) is 14.4 Å². The number of ether oxygens (including phenoxy) is 1. The Labute approximate surface area is 152 Å². The number of carbonyl (C=O) groups is 2. The molecule has 0 unspecified atom stereocenters. The van der Waals surface area contributed by atoms with Crippen molar-refractivity contribution in [2.45, 2.75) is 46.0 Å². The van der Waals surface area contributed by atoms with Gasteiger partial charge in [-0.1, -0.05) is 12.8 Å². The summed E-state index contributed by atoms with van der Waals surface area (Å²) in [5, 5.41) is 2.75. The van der Waals surface area contributed by atoms with Crippen LogP contribution in [0, 0.1) is 6.92 Å². The second-order valence-electron chi connectivity index (χ2n) is 6.13. The molecule has 0 fully saturated rings. The van der Waals surface area contributed by atoms with Gasteiger partial charge in [0.2, 0.25) is 0 Å². The van der Waals surface area contributed by atoms with Crippen molar-refractivity contribution in [1.82, 2.24) is 14.7 Å². The van der Waals surface area contributed by atoms with Crippen molar-refractivity contribution < 1.29 is 14.3 Å². The lowest BCUT2D eigenvalue weighted by Crippen LogP contribution is -2.32. The van der Waals surface area contributed by atoms with Gasteiger partial charge in [0.05, 0.1) is 6.61 Å². The van der Waals surface area contributed by atoms with Crippen molar-refractivity contribution in [3.8, 4) is 0 Å². The molecule has 1 N–H and O–H groups in total. The standard InChI is InChI=1S/C19H25N3O4/c1-3-26-17(23)8-6-4-5-7-10-20-18(24)15-13-21-16-12-14(2)9-11-22(16)19(15)25/h9,11-13H,3-8,10H2,1-2H3,(H,20,24). The zero-order chi connectivity index (χ0) is 18.9. The maximum Gasteiger partial charge on any atom is 0.305 e. The van der Waals surface area contributed by atoms with E-state index in [2.05, 4.69) is 10.3 Å². The Morgan fingerprint density at radius 3 is 2.77 bits per heavy atom. The molecule has 0 aromatic carbocycles. The fourth-order valence-corrected chi connectivity index (χ4v) is 2.61. The first kappa shape index (κ1) is 19.6. The van der Waals surface area contributed by atoms with E-state index in [-0.39, 0.29) is 17.1 Å². The van der Waals surface area contributed by atoms with Crippen LogP contribution in [0.3, 0.4) is 0 Å². The summed E-state index contributed by atoms with van der Waals surface area (Å²) in [7, 11) is 0. The van der Waals surface area contributed by atoms with Crippen molar-refractivity contribution in [2.24, 2.45) is 0 Å². The van der Waals surface area contributed by atoms with E-state index in [0.717, 1.165) is 31.2 Å². The summed E-state index contributed by atoms with van der Waals surface area (Å²) < 4.78 is 6.24. The normalized spacial score (nSPS) is 10.7. The number of pyridine rings is 1. The Bertz CT molecular complexity index is 829. The van der Waals surface area contributed by atoms with Crippen molar-refractivity contribution >= 4 is 17.5 Å². The molecule has 2 heterocycles. The van der Waals surface area contributed by atoms with Crippen LogP contribution < -0.4 is 10.9 Å². The third-order valence-electron chi connectivity index (χ3n) is 4.01. The number of rotatable bonds is 9. The summed E-state index contributed by atoms with van der Waals surface area (Å²) in [4.78, 5) is 40.0. The van der Waals surface area contributed by atoms with E-state index in [1.165, 1.54) is 10.6 Å². The molecule has 26 heavy (non-hydrogen) atoms. The van der Waals surface area contributed by atoms with E-state index < -0.39 is 5.91 Å². The van der Waals surface area contributed by atoms with Crippen molar-refractivity contribution in [2.75, 3.05) is 13.2 Å². The number of amides is 1. The number of carbonyl (C=O) groups excluding carboxylic acids is 2. The number of hydrogen-bond acceptors (Lipinski definition) is 5. The Hall–Kier alpha value is -2.70. The first-order valence-electron chi connectivity index (χ1n) is 8.94.